The Labute approximate surface area is 118 Å². The Morgan fingerprint density at radius 2 is 1.95 bits per heavy atom. The summed E-state index contributed by atoms with van der Waals surface area (Å²) in [6.45, 7) is 3.53. The molecule has 19 heavy (non-hydrogen) atoms. The second kappa shape index (κ2) is 7.17. The molecule has 1 aliphatic heterocycles. The average Bonchev–Trinajstić information content (AvgIpc) is 2.49. The highest BCUT2D eigenvalue weighted by atomic mass is 32.2. The fourth-order valence-corrected chi connectivity index (χ4v) is 4.53. The lowest BCUT2D eigenvalue weighted by Gasteiger charge is -2.29. The number of nitrogens with two attached hydrogens (primary N) is 1. The number of ether oxygens (including phenoxy) is 1. The zero-order chi connectivity index (χ0) is 13.7. The van der Waals surface area contributed by atoms with Gasteiger partial charge in [0, 0.05) is 35.3 Å². The van der Waals surface area contributed by atoms with Gasteiger partial charge in [-0.05, 0) is 24.8 Å². The molecule has 2 rings (SSSR count). The molecule has 4 heteroatoms. The molecule has 3 unspecified atom stereocenters. The van der Waals surface area contributed by atoms with Crippen molar-refractivity contribution in [2.24, 2.45) is 5.73 Å². The Balaban J connectivity index is 2.08. The molecule has 106 valence electrons. The Morgan fingerprint density at radius 1 is 1.32 bits per heavy atom. The van der Waals surface area contributed by atoms with Gasteiger partial charge in [0.1, 0.15) is 0 Å². The Bertz CT molecular complexity index is 404. The maximum Gasteiger partial charge on any atom is 0.0541 e. The van der Waals surface area contributed by atoms with Crippen molar-refractivity contribution in [1.29, 1.82) is 0 Å². The normalized spacial score (nSPS) is 21.8. The van der Waals surface area contributed by atoms with Crippen LogP contribution in [0.3, 0.4) is 0 Å². The van der Waals surface area contributed by atoms with Gasteiger partial charge in [0.25, 0.3) is 0 Å². The molecule has 0 radical (unpaired) electrons. The van der Waals surface area contributed by atoms with Crippen LogP contribution in [0, 0.1) is 0 Å². The molecule has 0 amide bonds. The molecule has 0 saturated carbocycles. The van der Waals surface area contributed by atoms with Gasteiger partial charge in [-0.1, -0.05) is 37.3 Å². The quantitative estimate of drug-likeness (QED) is 0.901. The number of rotatable bonds is 5. The first-order valence-electron chi connectivity index (χ1n) is 7.01. The summed E-state index contributed by atoms with van der Waals surface area (Å²) in [4.78, 5) is 0. The standard InChI is InChI=1S/C15H23NO2S/c1-2-14(15(16)12-6-4-3-5-7-12)19(17)13-8-10-18-11-9-13/h3-7,13-15H,2,8-11,16H2,1H3. The van der Waals surface area contributed by atoms with Crippen molar-refractivity contribution in [3.05, 3.63) is 35.9 Å². The van der Waals surface area contributed by atoms with Crippen molar-refractivity contribution in [3.63, 3.8) is 0 Å². The molecule has 2 N–H and O–H groups in total. The van der Waals surface area contributed by atoms with Crippen LogP contribution in [0.2, 0.25) is 0 Å². The van der Waals surface area contributed by atoms with Crippen LogP contribution < -0.4 is 5.73 Å². The second-order valence-corrected chi connectivity index (χ2v) is 6.95. The van der Waals surface area contributed by atoms with E-state index in [1.54, 1.807) is 0 Å². The van der Waals surface area contributed by atoms with Crippen LogP contribution in [-0.4, -0.2) is 27.9 Å². The van der Waals surface area contributed by atoms with Gasteiger partial charge in [-0.25, -0.2) is 0 Å². The molecular weight excluding hydrogens is 258 g/mol. The van der Waals surface area contributed by atoms with Crippen LogP contribution >= 0.6 is 0 Å². The topological polar surface area (TPSA) is 52.3 Å². The molecular formula is C15H23NO2S. The summed E-state index contributed by atoms with van der Waals surface area (Å²) in [5, 5.41) is 0.277. The van der Waals surface area contributed by atoms with E-state index in [0.717, 1.165) is 38.0 Å². The predicted octanol–water partition coefficient (Wildman–Crippen LogP) is 2.39. The first kappa shape index (κ1) is 14.7. The van der Waals surface area contributed by atoms with E-state index in [1.165, 1.54) is 0 Å². The minimum absolute atomic E-state index is 0.0329. The fraction of sp³-hybridized carbons (Fsp3) is 0.600. The van der Waals surface area contributed by atoms with Crippen LogP contribution in [-0.2, 0) is 15.5 Å². The third kappa shape index (κ3) is 3.65. The van der Waals surface area contributed by atoms with Crippen LogP contribution in [0.1, 0.15) is 37.8 Å². The molecule has 0 aromatic heterocycles. The highest BCUT2D eigenvalue weighted by molar-refractivity contribution is 7.86. The van der Waals surface area contributed by atoms with E-state index in [4.69, 9.17) is 10.5 Å². The zero-order valence-corrected chi connectivity index (χ0v) is 12.3. The molecule has 1 aromatic carbocycles. The van der Waals surface area contributed by atoms with Crippen molar-refractivity contribution in [2.45, 2.75) is 42.7 Å². The Kier molecular flexibility index (Phi) is 5.55. The van der Waals surface area contributed by atoms with Gasteiger partial charge < -0.3 is 10.5 Å². The number of benzene rings is 1. The summed E-state index contributed by atoms with van der Waals surface area (Å²) in [5.74, 6) is 0. The van der Waals surface area contributed by atoms with Gasteiger partial charge in [0.2, 0.25) is 0 Å². The summed E-state index contributed by atoms with van der Waals surface area (Å²) < 4.78 is 18.1. The summed E-state index contributed by atoms with van der Waals surface area (Å²) in [7, 11) is -0.880. The summed E-state index contributed by atoms with van der Waals surface area (Å²) in [6, 6.07) is 9.85. The first-order valence-corrected chi connectivity index (χ1v) is 8.29. The van der Waals surface area contributed by atoms with E-state index in [0.29, 0.717) is 0 Å². The number of hydrogen-bond acceptors (Lipinski definition) is 3. The molecule has 1 aliphatic rings. The highest BCUT2D eigenvalue weighted by Crippen LogP contribution is 2.26. The lowest BCUT2D eigenvalue weighted by Crippen LogP contribution is -2.37. The molecule has 3 nitrogen and oxygen atoms in total. The third-order valence-corrected chi connectivity index (χ3v) is 6.13. The van der Waals surface area contributed by atoms with Gasteiger partial charge in [-0.3, -0.25) is 4.21 Å². The van der Waals surface area contributed by atoms with Gasteiger partial charge in [0.05, 0.1) is 5.25 Å². The largest absolute Gasteiger partial charge is 0.381 e. The minimum Gasteiger partial charge on any atom is -0.381 e. The molecule has 0 aliphatic carbocycles. The van der Waals surface area contributed by atoms with Gasteiger partial charge >= 0.3 is 0 Å². The monoisotopic (exact) mass is 281 g/mol. The van der Waals surface area contributed by atoms with Crippen LogP contribution in [0.4, 0.5) is 0 Å². The van der Waals surface area contributed by atoms with Crippen LogP contribution in [0.15, 0.2) is 30.3 Å². The number of hydrogen-bond donors (Lipinski definition) is 1. The molecule has 0 spiro atoms. The molecule has 1 aromatic rings. The van der Waals surface area contributed by atoms with E-state index >= 15 is 0 Å². The Morgan fingerprint density at radius 3 is 2.53 bits per heavy atom. The lowest BCUT2D eigenvalue weighted by atomic mass is 10.0. The minimum atomic E-state index is -0.880. The van der Waals surface area contributed by atoms with Crippen molar-refractivity contribution in [3.8, 4) is 0 Å². The second-order valence-electron chi connectivity index (χ2n) is 5.02. The van der Waals surface area contributed by atoms with E-state index in [-0.39, 0.29) is 16.5 Å². The molecule has 1 fully saturated rings. The van der Waals surface area contributed by atoms with Crippen molar-refractivity contribution < 1.29 is 8.95 Å². The average molecular weight is 281 g/mol. The van der Waals surface area contributed by atoms with Gasteiger partial charge in [0.15, 0.2) is 0 Å². The molecule has 1 heterocycles. The SMILES string of the molecule is CCC(C(N)c1ccccc1)S(=O)C1CCOCC1. The fourth-order valence-electron chi connectivity index (χ4n) is 2.61. The highest BCUT2D eigenvalue weighted by Gasteiger charge is 2.30. The lowest BCUT2D eigenvalue weighted by molar-refractivity contribution is 0.0990. The maximum absolute atomic E-state index is 12.7. The summed E-state index contributed by atoms with van der Waals surface area (Å²) >= 11 is 0. The summed E-state index contributed by atoms with van der Waals surface area (Å²) in [5.41, 5.74) is 7.41. The van der Waals surface area contributed by atoms with E-state index < -0.39 is 10.8 Å². The van der Waals surface area contributed by atoms with Crippen molar-refractivity contribution in [2.75, 3.05) is 13.2 Å². The first-order chi connectivity index (χ1) is 9.24. The van der Waals surface area contributed by atoms with Gasteiger partial charge in [-0.2, -0.15) is 0 Å². The smallest absolute Gasteiger partial charge is 0.0541 e. The molecule has 1 saturated heterocycles. The van der Waals surface area contributed by atoms with Crippen LogP contribution in [0.25, 0.3) is 0 Å². The van der Waals surface area contributed by atoms with Crippen molar-refractivity contribution in [1.82, 2.24) is 0 Å². The maximum atomic E-state index is 12.7. The van der Waals surface area contributed by atoms with Gasteiger partial charge in [-0.15, -0.1) is 0 Å². The third-order valence-electron chi connectivity index (χ3n) is 3.78. The van der Waals surface area contributed by atoms with E-state index in [1.807, 2.05) is 30.3 Å². The Hall–Kier alpha value is -0.710. The molecule has 0 bridgehead atoms. The van der Waals surface area contributed by atoms with E-state index in [9.17, 15) is 4.21 Å². The zero-order valence-electron chi connectivity index (χ0n) is 11.5. The predicted molar refractivity (Wildman–Crippen MR) is 79.4 cm³/mol. The van der Waals surface area contributed by atoms with E-state index in [2.05, 4.69) is 6.92 Å². The summed E-state index contributed by atoms with van der Waals surface area (Å²) in [6.07, 6.45) is 2.63. The molecule has 3 atom stereocenters. The van der Waals surface area contributed by atoms with Crippen molar-refractivity contribution >= 4 is 10.8 Å². The van der Waals surface area contributed by atoms with Crippen LogP contribution in [0.5, 0.6) is 0 Å².